The Morgan fingerprint density at radius 2 is 2.08 bits per heavy atom. The minimum Gasteiger partial charge on any atom is -0.493 e. The molecule has 1 N–H and O–H groups in total. The van der Waals surface area contributed by atoms with E-state index in [0.717, 1.165) is 17.9 Å². The number of carbonyl (C=O) groups is 1. The zero-order valence-corrected chi connectivity index (χ0v) is 14.5. The van der Waals surface area contributed by atoms with E-state index in [0.29, 0.717) is 24.5 Å². The standard InChI is InChI=1S/C20H27NO3/c1-3-13-24-19-14-17(9-11-18(19)23-2)15-21-20(22)12-10-16-7-5-4-6-8-16/h1,9,11,14,16H,4-8,10,12-13,15H2,2H3,(H,21,22). The van der Waals surface area contributed by atoms with E-state index in [-0.39, 0.29) is 12.5 Å². The normalized spacial score (nSPS) is 14.7. The van der Waals surface area contributed by atoms with Crippen LogP contribution in [0.3, 0.4) is 0 Å². The molecule has 0 aliphatic heterocycles. The molecule has 0 spiro atoms. The maximum atomic E-state index is 12.0. The molecule has 0 unspecified atom stereocenters. The van der Waals surface area contributed by atoms with E-state index in [1.807, 2.05) is 18.2 Å². The third-order valence-electron chi connectivity index (χ3n) is 4.53. The van der Waals surface area contributed by atoms with E-state index >= 15 is 0 Å². The number of carbonyl (C=O) groups excluding carboxylic acids is 1. The number of amides is 1. The molecule has 1 fully saturated rings. The second kappa shape index (κ2) is 9.87. The van der Waals surface area contributed by atoms with Gasteiger partial charge in [-0.1, -0.05) is 44.1 Å². The van der Waals surface area contributed by atoms with Gasteiger partial charge in [0.25, 0.3) is 0 Å². The molecule has 130 valence electrons. The highest BCUT2D eigenvalue weighted by Crippen LogP contribution is 2.28. The Kier molecular flexibility index (Phi) is 7.48. The van der Waals surface area contributed by atoms with Gasteiger partial charge >= 0.3 is 0 Å². The lowest BCUT2D eigenvalue weighted by Gasteiger charge is -2.21. The molecule has 24 heavy (non-hydrogen) atoms. The molecule has 0 saturated heterocycles. The van der Waals surface area contributed by atoms with Gasteiger partial charge in [0, 0.05) is 13.0 Å². The minimum atomic E-state index is 0.113. The summed E-state index contributed by atoms with van der Waals surface area (Å²) in [6.45, 7) is 0.674. The highest BCUT2D eigenvalue weighted by Gasteiger charge is 2.14. The van der Waals surface area contributed by atoms with Gasteiger partial charge in [0.05, 0.1) is 7.11 Å². The molecule has 1 aromatic carbocycles. The van der Waals surface area contributed by atoms with Crippen molar-refractivity contribution in [1.82, 2.24) is 5.32 Å². The summed E-state index contributed by atoms with van der Waals surface area (Å²) in [5.41, 5.74) is 0.967. The molecule has 0 bridgehead atoms. The Bertz CT molecular complexity index is 571. The van der Waals surface area contributed by atoms with E-state index < -0.39 is 0 Å². The number of hydrogen-bond donors (Lipinski definition) is 1. The lowest BCUT2D eigenvalue weighted by atomic mass is 9.86. The molecule has 1 amide bonds. The molecule has 1 aliphatic rings. The highest BCUT2D eigenvalue weighted by molar-refractivity contribution is 5.75. The van der Waals surface area contributed by atoms with Gasteiger partial charge in [-0.25, -0.2) is 0 Å². The van der Waals surface area contributed by atoms with Crippen LogP contribution in [0.4, 0.5) is 0 Å². The van der Waals surface area contributed by atoms with Crippen molar-refractivity contribution in [2.75, 3.05) is 13.7 Å². The number of hydrogen-bond acceptors (Lipinski definition) is 3. The van der Waals surface area contributed by atoms with Crippen LogP contribution in [0.5, 0.6) is 11.5 Å². The van der Waals surface area contributed by atoms with E-state index in [1.54, 1.807) is 7.11 Å². The summed E-state index contributed by atoms with van der Waals surface area (Å²) in [5.74, 6) is 4.52. The summed E-state index contributed by atoms with van der Waals surface area (Å²) in [5, 5.41) is 2.98. The first-order valence-corrected chi connectivity index (χ1v) is 8.72. The molecule has 2 rings (SSSR count). The van der Waals surface area contributed by atoms with Crippen LogP contribution in [0, 0.1) is 18.3 Å². The first-order chi connectivity index (χ1) is 11.7. The lowest BCUT2D eigenvalue weighted by Crippen LogP contribution is -2.23. The van der Waals surface area contributed by atoms with Crippen molar-refractivity contribution < 1.29 is 14.3 Å². The van der Waals surface area contributed by atoms with Crippen LogP contribution in [0.15, 0.2) is 18.2 Å². The van der Waals surface area contributed by atoms with Crippen molar-refractivity contribution in [3.05, 3.63) is 23.8 Å². The number of benzene rings is 1. The highest BCUT2D eigenvalue weighted by atomic mass is 16.5. The van der Waals surface area contributed by atoms with Crippen molar-refractivity contribution in [3.63, 3.8) is 0 Å². The lowest BCUT2D eigenvalue weighted by molar-refractivity contribution is -0.121. The largest absolute Gasteiger partial charge is 0.493 e. The zero-order valence-electron chi connectivity index (χ0n) is 14.5. The summed E-state index contributed by atoms with van der Waals surface area (Å²) in [7, 11) is 1.59. The second-order valence-electron chi connectivity index (χ2n) is 6.30. The molecule has 4 nitrogen and oxygen atoms in total. The van der Waals surface area contributed by atoms with Crippen LogP contribution in [-0.4, -0.2) is 19.6 Å². The zero-order chi connectivity index (χ0) is 17.2. The molecular formula is C20H27NO3. The predicted octanol–water partition coefficient (Wildman–Crippen LogP) is 3.68. The molecular weight excluding hydrogens is 302 g/mol. The van der Waals surface area contributed by atoms with Crippen molar-refractivity contribution in [2.24, 2.45) is 5.92 Å². The fourth-order valence-corrected chi connectivity index (χ4v) is 3.16. The molecule has 1 aliphatic carbocycles. The molecule has 0 atom stereocenters. The topological polar surface area (TPSA) is 47.6 Å². The Balaban J connectivity index is 1.80. The number of terminal acetylenes is 1. The smallest absolute Gasteiger partial charge is 0.220 e. The molecule has 1 saturated carbocycles. The van der Waals surface area contributed by atoms with Gasteiger partial charge in [-0.2, -0.15) is 0 Å². The van der Waals surface area contributed by atoms with Crippen LogP contribution in [0.2, 0.25) is 0 Å². The maximum absolute atomic E-state index is 12.0. The third kappa shape index (κ3) is 5.81. The maximum Gasteiger partial charge on any atom is 0.220 e. The summed E-state index contributed by atoms with van der Waals surface area (Å²) >= 11 is 0. The van der Waals surface area contributed by atoms with Gasteiger partial charge < -0.3 is 14.8 Å². The number of nitrogens with one attached hydrogen (secondary N) is 1. The molecule has 0 heterocycles. The van der Waals surface area contributed by atoms with Gasteiger partial charge in [-0.3, -0.25) is 4.79 Å². The average Bonchev–Trinajstić information content (AvgIpc) is 2.63. The van der Waals surface area contributed by atoms with Crippen LogP contribution in [-0.2, 0) is 11.3 Å². The van der Waals surface area contributed by atoms with E-state index in [4.69, 9.17) is 15.9 Å². The first kappa shape index (κ1) is 18.2. The molecule has 4 heteroatoms. The number of rotatable bonds is 8. The molecule has 0 radical (unpaired) electrons. The SMILES string of the molecule is C#CCOc1cc(CNC(=O)CCC2CCCCC2)ccc1OC. The molecule has 0 aromatic heterocycles. The van der Waals surface area contributed by atoms with E-state index in [9.17, 15) is 4.79 Å². The van der Waals surface area contributed by atoms with Gasteiger partial charge in [0.1, 0.15) is 6.61 Å². The summed E-state index contributed by atoms with van der Waals surface area (Å²) < 4.78 is 10.7. The van der Waals surface area contributed by atoms with Crippen LogP contribution >= 0.6 is 0 Å². The van der Waals surface area contributed by atoms with E-state index in [1.165, 1.54) is 32.1 Å². The number of ether oxygens (including phenoxy) is 2. The Morgan fingerprint density at radius 1 is 1.29 bits per heavy atom. The average molecular weight is 329 g/mol. The fourth-order valence-electron chi connectivity index (χ4n) is 3.16. The van der Waals surface area contributed by atoms with Crippen LogP contribution in [0.25, 0.3) is 0 Å². The van der Waals surface area contributed by atoms with Gasteiger partial charge in [-0.05, 0) is 30.0 Å². The first-order valence-electron chi connectivity index (χ1n) is 8.72. The quantitative estimate of drug-likeness (QED) is 0.740. The minimum absolute atomic E-state index is 0.113. The van der Waals surface area contributed by atoms with Crippen molar-refractivity contribution in [3.8, 4) is 23.8 Å². The predicted molar refractivity (Wildman–Crippen MR) is 95.0 cm³/mol. The summed E-state index contributed by atoms with van der Waals surface area (Å²) in [4.78, 5) is 12.0. The second-order valence-corrected chi connectivity index (χ2v) is 6.30. The Morgan fingerprint density at radius 3 is 2.79 bits per heavy atom. The van der Waals surface area contributed by atoms with Gasteiger partial charge in [0.2, 0.25) is 5.91 Å². The van der Waals surface area contributed by atoms with Crippen LogP contribution < -0.4 is 14.8 Å². The van der Waals surface area contributed by atoms with Crippen molar-refractivity contribution in [2.45, 2.75) is 51.5 Å². The molecule has 1 aromatic rings. The summed E-state index contributed by atoms with van der Waals surface area (Å²) in [6.07, 6.45) is 13.4. The van der Waals surface area contributed by atoms with Gasteiger partial charge in [-0.15, -0.1) is 6.42 Å². The summed E-state index contributed by atoms with van der Waals surface area (Å²) in [6, 6.07) is 5.61. The number of methoxy groups -OCH3 is 1. The van der Waals surface area contributed by atoms with Crippen LogP contribution in [0.1, 0.15) is 50.5 Å². The van der Waals surface area contributed by atoms with Crippen molar-refractivity contribution >= 4 is 5.91 Å². The van der Waals surface area contributed by atoms with Gasteiger partial charge in [0.15, 0.2) is 11.5 Å². The Hall–Kier alpha value is -2.15. The Labute approximate surface area is 144 Å². The third-order valence-corrected chi connectivity index (χ3v) is 4.53. The fraction of sp³-hybridized carbons (Fsp3) is 0.550. The monoisotopic (exact) mass is 329 g/mol. The van der Waals surface area contributed by atoms with Crippen molar-refractivity contribution in [1.29, 1.82) is 0 Å². The van der Waals surface area contributed by atoms with E-state index in [2.05, 4.69) is 11.2 Å².